The van der Waals surface area contributed by atoms with Crippen LogP contribution in [0.3, 0.4) is 0 Å². The topological polar surface area (TPSA) is 70.8 Å². The van der Waals surface area contributed by atoms with Crippen LogP contribution in [0.25, 0.3) is 33.4 Å². The van der Waals surface area contributed by atoms with Gasteiger partial charge in [0.1, 0.15) is 17.3 Å². The molecule has 0 spiro atoms. The quantitative estimate of drug-likeness (QED) is 0.586. The molecular formula is C20H18FN5. The highest BCUT2D eigenvalue weighted by molar-refractivity contribution is 6.08. The van der Waals surface area contributed by atoms with E-state index < -0.39 is 0 Å². The molecule has 26 heavy (non-hydrogen) atoms. The van der Waals surface area contributed by atoms with Crippen LogP contribution < -0.4 is 10.6 Å². The lowest BCUT2D eigenvalue weighted by Gasteiger charge is -2.14. The van der Waals surface area contributed by atoms with Gasteiger partial charge in [-0.15, -0.1) is 0 Å². The summed E-state index contributed by atoms with van der Waals surface area (Å²) >= 11 is 0. The third kappa shape index (κ3) is 2.65. The number of aromatic nitrogens is 3. The molecule has 2 heterocycles. The van der Waals surface area contributed by atoms with Crippen molar-refractivity contribution in [2.24, 2.45) is 0 Å². The van der Waals surface area contributed by atoms with Gasteiger partial charge in [0.2, 0.25) is 5.95 Å². The van der Waals surface area contributed by atoms with Gasteiger partial charge in [-0.1, -0.05) is 30.3 Å². The van der Waals surface area contributed by atoms with E-state index in [2.05, 4.69) is 15.0 Å². The Morgan fingerprint density at radius 1 is 0.923 bits per heavy atom. The Labute approximate surface area is 150 Å². The van der Waals surface area contributed by atoms with Gasteiger partial charge < -0.3 is 15.6 Å². The van der Waals surface area contributed by atoms with Crippen LogP contribution in [0.1, 0.15) is 0 Å². The zero-order chi connectivity index (χ0) is 18.3. The number of anilines is 2. The maximum absolute atomic E-state index is 13.4. The zero-order valence-corrected chi connectivity index (χ0v) is 14.5. The fourth-order valence-electron chi connectivity index (χ4n) is 3.14. The molecule has 0 fully saturated rings. The summed E-state index contributed by atoms with van der Waals surface area (Å²) in [7, 11) is 3.83. The summed E-state index contributed by atoms with van der Waals surface area (Å²) in [6.45, 7) is 0. The normalized spacial score (nSPS) is 11.0. The first-order chi connectivity index (χ1) is 12.5. The van der Waals surface area contributed by atoms with Gasteiger partial charge in [0.25, 0.3) is 0 Å². The fraction of sp³-hybridized carbons (Fsp3) is 0.100. The van der Waals surface area contributed by atoms with Gasteiger partial charge in [-0.05, 0) is 35.4 Å². The molecular weight excluding hydrogens is 329 g/mol. The van der Waals surface area contributed by atoms with Crippen molar-refractivity contribution in [1.82, 2.24) is 15.0 Å². The molecule has 0 amide bonds. The average molecular weight is 347 g/mol. The Hall–Kier alpha value is -3.41. The number of H-pyrrole nitrogens is 1. The number of nitrogen functional groups attached to an aromatic ring is 1. The van der Waals surface area contributed by atoms with E-state index in [0.29, 0.717) is 5.65 Å². The number of benzene rings is 2. The van der Waals surface area contributed by atoms with E-state index in [-0.39, 0.29) is 11.8 Å². The van der Waals surface area contributed by atoms with E-state index in [1.165, 1.54) is 12.1 Å². The number of hydrogen-bond donors (Lipinski definition) is 2. The second-order valence-corrected chi connectivity index (χ2v) is 6.27. The van der Waals surface area contributed by atoms with E-state index in [9.17, 15) is 4.39 Å². The van der Waals surface area contributed by atoms with Crippen molar-refractivity contribution < 1.29 is 4.39 Å². The van der Waals surface area contributed by atoms with Crippen LogP contribution in [-0.2, 0) is 0 Å². The number of aromatic amines is 1. The molecule has 2 aromatic carbocycles. The van der Waals surface area contributed by atoms with Gasteiger partial charge in [-0.3, -0.25) is 0 Å². The largest absolute Gasteiger partial charge is 0.368 e. The van der Waals surface area contributed by atoms with Gasteiger partial charge in [-0.2, -0.15) is 9.97 Å². The number of hydrogen-bond acceptors (Lipinski definition) is 4. The first kappa shape index (κ1) is 16.1. The Morgan fingerprint density at radius 2 is 1.62 bits per heavy atom. The van der Waals surface area contributed by atoms with Gasteiger partial charge >= 0.3 is 0 Å². The molecule has 130 valence electrons. The second-order valence-electron chi connectivity index (χ2n) is 6.27. The summed E-state index contributed by atoms with van der Waals surface area (Å²) in [5, 5.41) is 0.884. The highest BCUT2D eigenvalue weighted by Gasteiger charge is 2.21. The Kier molecular flexibility index (Phi) is 3.80. The number of fused-ring (bicyclic) bond motifs is 1. The maximum Gasteiger partial charge on any atom is 0.223 e. The minimum atomic E-state index is -0.274. The lowest BCUT2D eigenvalue weighted by Crippen LogP contribution is -2.13. The first-order valence-corrected chi connectivity index (χ1v) is 8.22. The molecule has 2 aromatic heterocycles. The number of rotatable bonds is 3. The average Bonchev–Trinajstić information content (AvgIpc) is 3.01. The molecule has 0 unspecified atom stereocenters. The van der Waals surface area contributed by atoms with E-state index >= 15 is 0 Å². The van der Waals surface area contributed by atoms with E-state index in [0.717, 1.165) is 33.6 Å². The standard InChI is InChI=1S/C20H18FN5/c1-26(2)19-16-15(12-6-4-3-5-7-12)17(13-8-10-14(21)11-9-13)23-18(16)24-20(22)25-19/h3-11H,1-2H3,(H3,22,23,24,25). The van der Waals surface area contributed by atoms with E-state index in [4.69, 9.17) is 5.73 Å². The molecule has 0 radical (unpaired) electrons. The number of nitrogens with one attached hydrogen (secondary N) is 1. The van der Waals surface area contributed by atoms with Gasteiger partial charge in [0, 0.05) is 19.7 Å². The molecule has 0 atom stereocenters. The number of nitrogens with zero attached hydrogens (tertiary/aromatic N) is 3. The summed E-state index contributed by atoms with van der Waals surface area (Å²) < 4.78 is 13.4. The minimum Gasteiger partial charge on any atom is -0.368 e. The molecule has 4 aromatic rings. The highest BCUT2D eigenvalue weighted by atomic mass is 19.1. The van der Waals surface area contributed by atoms with E-state index in [1.54, 1.807) is 12.1 Å². The second kappa shape index (κ2) is 6.15. The third-order valence-corrected chi connectivity index (χ3v) is 4.27. The molecule has 0 aliphatic rings. The lowest BCUT2D eigenvalue weighted by molar-refractivity contribution is 0.628. The van der Waals surface area contributed by atoms with Crippen LogP contribution in [0.4, 0.5) is 16.2 Å². The summed E-state index contributed by atoms with van der Waals surface area (Å²) in [5.74, 6) is 0.660. The molecule has 0 aliphatic heterocycles. The highest BCUT2D eigenvalue weighted by Crippen LogP contribution is 2.41. The van der Waals surface area contributed by atoms with Crippen LogP contribution in [0.2, 0.25) is 0 Å². The zero-order valence-electron chi connectivity index (χ0n) is 14.5. The van der Waals surface area contributed by atoms with Crippen molar-refractivity contribution in [1.29, 1.82) is 0 Å². The summed E-state index contributed by atoms with van der Waals surface area (Å²) in [4.78, 5) is 14.1. The molecule has 0 bridgehead atoms. The van der Waals surface area contributed by atoms with Crippen molar-refractivity contribution in [2.75, 3.05) is 24.7 Å². The van der Waals surface area contributed by atoms with Gasteiger partial charge in [0.15, 0.2) is 0 Å². The monoisotopic (exact) mass is 347 g/mol. The first-order valence-electron chi connectivity index (χ1n) is 8.22. The summed E-state index contributed by atoms with van der Waals surface area (Å²) in [5.41, 5.74) is 10.3. The predicted octanol–water partition coefficient (Wildman–Crippen LogP) is 4.08. The van der Waals surface area contributed by atoms with Crippen molar-refractivity contribution in [3.8, 4) is 22.4 Å². The van der Waals surface area contributed by atoms with Crippen LogP contribution in [0.15, 0.2) is 54.6 Å². The van der Waals surface area contributed by atoms with Crippen LogP contribution in [0, 0.1) is 5.82 Å². The van der Waals surface area contributed by atoms with Crippen LogP contribution in [-0.4, -0.2) is 29.0 Å². The maximum atomic E-state index is 13.4. The van der Waals surface area contributed by atoms with Crippen LogP contribution >= 0.6 is 0 Å². The van der Waals surface area contributed by atoms with Gasteiger partial charge in [0.05, 0.1) is 11.1 Å². The third-order valence-electron chi connectivity index (χ3n) is 4.27. The molecule has 6 heteroatoms. The predicted molar refractivity (Wildman–Crippen MR) is 103 cm³/mol. The SMILES string of the molecule is CN(C)c1nc(N)nc2[nH]c(-c3ccc(F)cc3)c(-c3ccccc3)c12. The summed E-state index contributed by atoms with van der Waals surface area (Å²) in [6, 6.07) is 16.4. The van der Waals surface area contributed by atoms with Crippen molar-refractivity contribution >= 4 is 22.8 Å². The number of halogens is 1. The number of nitrogens with two attached hydrogens (primary N) is 1. The Bertz CT molecular complexity index is 1070. The van der Waals surface area contributed by atoms with Crippen molar-refractivity contribution in [2.45, 2.75) is 0 Å². The Morgan fingerprint density at radius 3 is 2.27 bits per heavy atom. The molecule has 0 aliphatic carbocycles. The smallest absolute Gasteiger partial charge is 0.223 e. The minimum absolute atomic E-state index is 0.202. The molecule has 3 N–H and O–H groups in total. The molecule has 4 rings (SSSR count). The molecule has 0 saturated carbocycles. The van der Waals surface area contributed by atoms with E-state index in [1.807, 2.05) is 49.3 Å². The molecule has 5 nitrogen and oxygen atoms in total. The van der Waals surface area contributed by atoms with Crippen molar-refractivity contribution in [3.63, 3.8) is 0 Å². The van der Waals surface area contributed by atoms with Crippen molar-refractivity contribution in [3.05, 3.63) is 60.4 Å². The lowest BCUT2D eigenvalue weighted by atomic mass is 9.99. The fourth-order valence-corrected chi connectivity index (χ4v) is 3.14. The van der Waals surface area contributed by atoms with Crippen LogP contribution in [0.5, 0.6) is 0 Å². The Balaban J connectivity index is 2.11. The summed E-state index contributed by atoms with van der Waals surface area (Å²) in [6.07, 6.45) is 0. The van der Waals surface area contributed by atoms with Gasteiger partial charge in [-0.25, -0.2) is 4.39 Å². The molecule has 0 saturated heterocycles.